The van der Waals surface area contributed by atoms with Gasteiger partial charge in [-0.15, -0.1) is 0 Å². The van der Waals surface area contributed by atoms with E-state index in [0.717, 1.165) is 6.42 Å². The fourth-order valence-electron chi connectivity index (χ4n) is 1.58. The first kappa shape index (κ1) is 15.3. The fourth-order valence-corrected chi connectivity index (χ4v) is 1.93. The quantitative estimate of drug-likeness (QED) is 0.871. The number of rotatable bonds is 6. The van der Waals surface area contributed by atoms with Crippen LogP contribution in [0.15, 0.2) is 16.7 Å². The predicted octanol–water partition coefficient (Wildman–Crippen LogP) is 3.53. The van der Waals surface area contributed by atoms with Crippen LogP contribution in [-0.2, 0) is 0 Å². The van der Waals surface area contributed by atoms with E-state index < -0.39 is 6.43 Å². The van der Waals surface area contributed by atoms with Crippen LogP contribution in [0.25, 0.3) is 0 Å². The third-order valence-electron chi connectivity index (χ3n) is 2.29. The summed E-state index contributed by atoms with van der Waals surface area (Å²) in [6.45, 7) is 4.27. The molecule has 0 aliphatic rings. The van der Waals surface area contributed by atoms with Crippen molar-refractivity contribution in [1.29, 1.82) is 0 Å². The summed E-state index contributed by atoms with van der Waals surface area (Å²) in [5.41, 5.74) is 5.61. The summed E-state index contributed by atoms with van der Waals surface area (Å²) in [5, 5.41) is 0. The second kappa shape index (κ2) is 6.99. The summed E-state index contributed by atoms with van der Waals surface area (Å²) in [5.74, 6) is 0.392. The number of nitrogens with zero attached hydrogens (tertiary/aromatic N) is 1. The van der Waals surface area contributed by atoms with Crippen LogP contribution >= 0.6 is 15.9 Å². The Balaban J connectivity index is 2.67. The number of halogens is 3. The van der Waals surface area contributed by atoms with Gasteiger partial charge in [-0.25, -0.2) is 13.8 Å². The Hall–Kier alpha value is -0.750. The van der Waals surface area contributed by atoms with Crippen molar-refractivity contribution < 1.29 is 13.5 Å². The van der Waals surface area contributed by atoms with Crippen molar-refractivity contribution in [2.24, 2.45) is 11.7 Å². The smallest absolute Gasteiger partial charge is 0.269 e. The maximum absolute atomic E-state index is 12.8. The Morgan fingerprint density at radius 3 is 2.67 bits per heavy atom. The van der Waals surface area contributed by atoms with Crippen molar-refractivity contribution in [3.63, 3.8) is 0 Å². The summed E-state index contributed by atoms with van der Waals surface area (Å²) in [6, 6.07) is 1.13. The molecule has 0 bridgehead atoms. The van der Waals surface area contributed by atoms with Gasteiger partial charge in [-0.1, -0.05) is 13.8 Å². The molecule has 0 amide bonds. The van der Waals surface area contributed by atoms with Gasteiger partial charge >= 0.3 is 0 Å². The summed E-state index contributed by atoms with van der Waals surface area (Å²) in [6.07, 6.45) is -0.415. The zero-order chi connectivity index (χ0) is 13.7. The minimum atomic E-state index is -2.62. The molecule has 1 atom stereocenters. The van der Waals surface area contributed by atoms with Crippen LogP contribution in [-0.4, -0.2) is 17.6 Å². The Bertz CT molecular complexity index is 388. The topological polar surface area (TPSA) is 48.1 Å². The van der Waals surface area contributed by atoms with Crippen LogP contribution in [0.5, 0.6) is 5.88 Å². The third kappa shape index (κ3) is 4.86. The van der Waals surface area contributed by atoms with Crippen LogP contribution in [0.2, 0.25) is 0 Å². The molecule has 1 heterocycles. The minimum Gasteiger partial charge on any atom is -0.476 e. The van der Waals surface area contributed by atoms with Gasteiger partial charge in [0.25, 0.3) is 6.43 Å². The van der Waals surface area contributed by atoms with E-state index in [0.29, 0.717) is 10.4 Å². The zero-order valence-electron chi connectivity index (χ0n) is 10.4. The molecular weight excluding hydrogens is 306 g/mol. The van der Waals surface area contributed by atoms with Gasteiger partial charge in [0, 0.05) is 16.7 Å². The lowest BCUT2D eigenvalue weighted by Gasteiger charge is -2.16. The molecule has 2 N–H and O–H groups in total. The van der Waals surface area contributed by atoms with Crippen LogP contribution in [0, 0.1) is 5.92 Å². The van der Waals surface area contributed by atoms with E-state index in [1.54, 1.807) is 0 Å². The average Bonchev–Trinajstić information content (AvgIpc) is 2.26. The van der Waals surface area contributed by atoms with E-state index in [9.17, 15) is 8.78 Å². The highest BCUT2D eigenvalue weighted by Crippen LogP contribution is 2.29. The first-order valence-electron chi connectivity index (χ1n) is 5.72. The van der Waals surface area contributed by atoms with Crippen molar-refractivity contribution >= 4 is 15.9 Å². The Morgan fingerprint density at radius 2 is 2.11 bits per heavy atom. The van der Waals surface area contributed by atoms with Crippen LogP contribution in [0.3, 0.4) is 0 Å². The van der Waals surface area contributed by atoms with Gasteiger partial charge in [0.05, 0.1) is 5.56 Å². The molecule has 1 rings (SSSR count). The largest absolute Gasteiger partial charge is 0.476 e. The Labute approximate surface area is 114 Å². The predicted molar refractivity (Wildman–Crippen MR) is 69.8 cm³/mol. The molecule has 0 saturated carbocycles. The lowest BCUT2D eigenvalue weighted by Crippen LogP contribution is -2.29. The lowest BCUT2D eigenvalue weighted by molar-refractivity contribution is 0.142. The minimum absolute atomic E-state index is 0.0487. The molecule has 1 unspecified atom stereocenters. The molecular formula is C12H17BrF2N2O. The number of aromatic nitrogens is 1. The van der Waals surface area contributed by atoms with Gasteiger partial charge in [0.2, 0.25) is 5.88 Å². The monoisotopic (exact) mass is 322 g/mol. The molecule has 0 spiro atoms. The highest BCUT2D eigenvalue weighted by molar-refractivity contribution is 9.10. The molecule has 18 heavy (non-hydrogen) atoms. The molecule has 0 radical (unpaired) electrons. The summed E-state index contributed by atoms with van der Waals surface area (Å²) < 4.78 is 31.3. The van der Waals surface area contributed by atoms with E-state index >= 15 is 0 Å². The van der Waals surface area contributed by atoms with Crippen LogP contribution in [0.4, 0.5) is 8.78 Å². The van der Waals surface area contributed by atoms with Gasteiger partial charge in [-0.05, 0) is 34.3 Å². The zero-order valence-corrected chi connectivity index (χ0v) is 12.0. The highest BCUT2D eigenvalue weighted by atomic mass is 79.9. The van der Waals surface area contributed by atoms with E-state index in [4.69, 9.17) is 10.5 Å². The standard InChI is InChI=1S/C12H17BrF2N2O/c1-7(2)3-9(16)6-18-12-10(11(14)15)4-8(13)5-17-12/h4-5,7,9,11H,3,6,16H2,1-2H3. The van der Waals surface area contributed by atoms with E-state index in [1.165, 1.54) is 12.3 Å². The number of hydrogen-bond donors (Lipinski definition) is 1. The molecule has 0 fully saturated rings. The first-order chi connectivity index (χ1) is 8.40. The van der Waals surface area contributed by atoms with Crippen LogP contribution < -0.4 is 10.5 Å². The molecule has 3 nitrogen and oxygen atoms in total. The Morgan fingerprint density at radius 1 is 1.44 bits per heavy atom. The number of ether oxygens (including phenoxy) is 1. The van der Waals surface area contributed by atoms with Crippen molar-refractivity contribution in [3.8, 4) is 5.88 Å². The van der Waals surface area contributed by atoms with Crippen LogP contribution in [0.1, 0.15) is 32.3 Å². The number of alkyl halides is 2. The maximum Gasteiger partial charge on any atom is 0.269 e. The van der Waals surface area contributed by atoms with E-state index in [1.807, 2.05) is 13.8 Å². The van der Waals surface area contributed by atoms with Gasteiger partial charge < -0.3 is 10.5 Å². The molecule has 6 heteroatoms. The summed E-state index contributed by atoms with van der Waals surface area (Å²) in [7, 11) is 0. The van der Waals surface area contributed by atoms with Crippen molar-refractivity contribution in [3.05, 3.63) is 22.3 Å². The van der Waals surface area contributed by atoms with Crippen molar-refractivity contribution in [2.45, 2.75) is 32.7 Å². The molecule has 0 aromatic carbocycles. The first-order valence-corrected chi connectivity index (χ1v) is 6.51. The molecule has 102 valence electrons. The number of nitrogens with two attached hydrogens (primary N) is 1. The van der Waals surface area contributed by atoms with Gasteiger partial charge in [-0.2, -0.15) is 0 Å². The van der Waals surface area contributed by atoms with Crippen molar-refractivity contribution in [1.82, 2.24) is 4.98 Å². The average molecular weight is 323 g/mol. The Kier molecular flexibility index (Phi) is 5.95. The SMILES string of the molecule is CC(C)CC(N)COc1ncc(Br)cc1C(F)F. The van der Waals surface area contributed by atoms with E-state index in [-0.39, 0.29) is 24.1 Å². The summed E-state index contributed by atoms with van der Waals surface area (Å²) >= 11 is 3.10. The molecule has 0 saturated heterocycles. The van der Waals surface area contributed by atoms with Crippen molar-refractivity contribution in [2.75, 3.05) is 6.61 Å². The summed E-state index contributed by atoms with van der Waals surface area (Å²) in [4.78, 5) is 3.85. The molecule has 1 aromatic heterocycles. The number of hydrogen-bond acceptors (Lipinski definition) is 3. The van der Waals surface area contributed by atoms with Gasteiger partial charge in [0.15, 0.2) is 0 Å². The van der Waals surface area contributed by atoms with Gasteiger partial charge in [0.1, 0.15) is 6.61 Å². The second-order valence-electron chi connectivity index (χ2n) is 4.55. The third-order valence-corrected chi connectivity index (χ3v) is 2.72. The normalized spacial score (nSPS) is 13.1. The molecule has 1 aromatic rings. The van der Waals surface area contributed by atoms with E-state index in [2.05, 4.69) is 20.9 Å². The fraction of sp³-hybridized carbons (Fsp3) is 0.583. The maximum atomic E-state index is 12.8. The lowest BCUT2D eigenvalue weighted by atomic mass is 10.1. The molecule has 0 aliphatic heterocycles. The molecule has 0 aliphatic carbocycles. The number of pyridine rings is 1. The highest BCUT2D eigenvalue weighted by Gasteiger charge is 2.17. The van der Waals surface area contributed by atoms with Gasteiger partial charge in [-0.3, -0.25) is 0 Å². The second-order valence-corrected chi connectivity index (χ2v) is 5.46.